The summed E-state index contributed by atoms with van der Waals surface area (Å²) in [7, 11) is 0. The van der Waals surface area contributed by atoms with Crippen molar-refractivity contribution >= 4 is 28.6 Å². The smallest absolute Gasteiger partial charge is 0.251 e. The van der Waals surface area contributed by atoms with Crippen LogP contribution in [0.25, 0.3) is 11.1 Å². The standard InChI is InChI=1S/C22H21ClN4O2/c1-12(21-13(2)26-27-14(21)3)24-22(28)16-6-9-19-18(11-16)25-20(29-19)10-15-4-7-17(23)8-5-15/h4-9,11-12H,10H2,1-3H3,(H,24,28)(H,26,27). The zero-order chi connectivity index (χ0) is 20.5. The van der Waals surface area contributed by atoms with Crippen LogP contribution in [0.2, 0.25) is 5.02 Å². The minimum Gasteiger partial charge on any atom is -0.440 e. The number of hydrogen-bond donors (Lipinski definition) is 2. The molecule has 29 heavy (non-hydrogen) atoms. The average Bonchev–Trinajstić information content (AvgIpc) is 3.24. The van der Waals surface area contributed by atoms with Gasteiger partial charge in [-0.1, -0.05) is 23.7 Å². The fraction of sp³-hybridized carbons (Fsp3) is 0.227. The van der Waals surface area contributed by atoms with Crippen LogP contribution in [-0.4, -0.2) is 21.1 Å². The van der Waals surface area contributed by atoms with Crippen LogP contribution < -0.4 is 5.32 Å². The first kappa shape index (κ1) is 19.2. The van der Waals surface area contributed by atoms with E-state index in [2.05, 4.69) is 20.5 Å². The Bertz CT molecular complexity index is 1160. The number of rotatable bonds is 5. The highest BCUT2D eigenvalue weighted by Gasteiger charge is 2.18. The molecular weight excluding hydrogens is 388 g/mol. The lowest BCUT2D eigenvalue weighted by Gasteiger charge is -2.14. The van der Waals surface area contributed by atoms with E-state index in [9.17, 15) is 4.79 Å². The van der Waals surface area contributed by atoms with E-state index in [1.54, 1.807) is 18.2 Å². The van der Waals surface area contributed by atoms with E-state index >= 15 is 0 Å². The van der Waals surface area contributed by atoms with Crippen molar-refractivity contribution in [2.24, 2.45) is 0 Å². The molecule has 0 bridgehead atoms. The lowest BCUT2D eigenvalue weighted by Crippen LogP contribution is -2.27. The molecule has 1 atom stereocenters. The van der Waals surface area contributed by atoms with Gasteiger partial charge in [-0.15, -0.1) is 0 Å². The number of nitrogens with zero attached hydrogens (tertiary/aromatic N) is 2. The van der Waals surface area contributed by atoms with E-state index in [1.807, 2.05) is 45.0 Å². The van der Waals surface area contributed by atoms with Gasteiger partial charge in [0.2, 0.25) is 0 Å². The average molecular weight is 409 g/mol. The van der Waals surface area contributed by atoms with E-state index in [-0.39, 0.29) is 11.9 Å². The molecule has 1 unspecified atom stereocenters. The first-order valence-electron chi connectivity index (χ1n) is 9.37. The maximum absolute atomic E-state index is 12.7. The number of amides is 1. The SMILES string of the molecule is Cc1n[nH]c(C)c1C(C)NC(=O)c1ccc2oc(Cc3ccc(Cl)cc3)nc2c1. The van der Waals surface area contributed by atoms with Gasteiger partial charge >= 0.3 is 0 Å². The molecule has 1 amide bonds. The van der Waals surface area contributed by atoms with E-state index in [0.717, 1.165) is 22.5 Å². The molecule has 2 aromatic heterocycles. The first-order valence-corrected chi connectivity index (χ1v) is 9.74. The molecule has 0 saturated carbocycles. The molecule has 4 aromatic rings. The van der Waals surface area contributed by atoms with Gasteiger partial charge in [-0.3, -0.25) is 9.89 Å². The Hall–Kier alpha value is -3.12. The molecular formula is C22H21ClN4O2. The van der Waals surface area contributed by atoms with Crippen molar-refractivity contribution in [1.82, 2.24) is 20.5 Å². The first-order chi connectivity index (χ1) is 13.9. The van der Waals surface area contributed by atoms with Crippen LogP contribution in [0.4, 0.5) is 0 Å². The number of aryl methyl sites for hydroxylation is 2. The van der Waals surface area contributed by atoms with Gasteiger partial charge < -0.3 is 9.73 Å². The van der Waals surface area contributed by atoms with Crippen molar-refractivity contribution < 1.29 is 9.21 Å². The van der Waals surface area contributed by atoms with Gasteiger partial charge in [-0.2, -0.15) is 5.10 Å². The summed E-state index contributed by atoms with van der Waals surface area (Å²) in [4.78, 5) is 17.3. The number of aromatic nitrogens is 3. The van der Waals surface area contributed by atoms with Crippen molar-refractivity contribution in [1.29, 1.82) is 0 Å². The fourth-order valence-corrected chi connectivity index (χ4v) is 3.64. The normalized spacial score (nSPS) is 12.3. The Morgan fingerprint density at radius 3 is 2.66 bits per heavy atom. The number of halogens is 1. The number of hydrogen-bond acceptors (Lipinski definition) is 4. The van der Waals surface area contributed by atoms with Gasteiger partial charge in [-0.05, 0) is 56.7 Å². The van der Waals surface area contributed by atoms with E-state index in [4.69, 9.17) is 16.0 Å². The summed E-state index contributed by atoms with van der Waals surface area (Å²) in [5.74, 6) is 0.430. The molecule has 4 rings (SSSR count). The topological polar surface area (TPSA) is 83.8 Å². The fourth-order valence-electron chi connectivity index (χ4n) is 3.52. The predicted octanol–water partition coefficient (Wildman–Crippen LogP) is 4.90. The molecule has 2 heterocycles. The number of aromatic amines is 1. The lowest BCUT2D eigenvalue weighted by molar-refractivity contribution is 0.0940. The van der Waals surface area contributed by atoms with Crippen molar-refractivity contribution in [3.05, 3.63) is 81.5 Å². The second-order valence-corrected chi connectivity index (χ2v) is 7.57. The number of oxazole rings is 1. The summed E-state index contributed by atoms with van der Waals surface area (Å²) in [5, 5.41) is 10.9. The van der Waals surface area contributed by atoms with Crippen LogP contribution in [0.3, 0.4) is 0 Å². The number of nitrogens with one attached hydrogen (secondary N) is 2. The molecule has 0 aliphatic heterocycles. The highest BCUT2D eigenvalue weighted by molar-refractivity contribution is 6.30. The quantitative estimate of drug-likeness (QED) is 0.491. The number of benzene rings is 2. The molecule has 6 nitrogen and oxygen atoms in total. The second-order valence-electron chi connectivity index (χ2n) is 7.14. The number of fused-ring (bicyclic) bond motifs is 1. The molecule has 2 aromatic carbocycles. The van der Waals surface area contributed by atoms with Crippen molar-refractivity contribution in [2.45, 2.75) is 33.2 Å². The summed E-state index contributed by atoms with van der Waals surface area (Å²) in [6, 6.07) is 12.7. The Morgan fingerprint density at radius 2 is 1.97 bits per heavy atom. The van der Waals surface area contributed by atoms with Crippen LogP contribution in [0.5, 0.6) is 0 Å². The summed E-state index contributed by atoms with van der Waals surface area (Å²) < 4.78 is 5.82. The number of carbonyl (C=O) groups excluding carboxylic acids is 1. The zero-order valence-electron chi connectivity index (χ0n) is 16.4. The summed E-state index contributed by atoms with van der Waals surface area (Å²) in [6.45, 7) is 5.81. The highest BCUT2D eigenvalue weighted by Crippen LogP contribution is 2.22. The monoisotopic (exact) mass is 408 g/mol. The largest absolute Gasteiger partial charge is 0.440 e. The van der Waals surface area contributed by atoms with Crippen LogP contribution in [0, 0.1) is 13.8 Å². The maximum Gasteiger partial charge on any atom is 0.251 e. The maximum atomic E-state index is 12.7. The molecule has 0 aliphatic carbocycles. The van der Waals surface area contributed by atoms with Crippen LogP contribution in [-0.2, 0) is 6.42 Å². The van der Waals surface area contributed by atoms with E-state index in [1.165, 1.54) is 0 Å². The van der Waals surface area contributed by atoms with Crippen molar-refractivity contribution in [3.63, 3.8) is 0 Å². The Balaban J connectivity index is 1.52. The van der Waals surface area contributed by atoms with Gasteiger partial charge in [0.25, 0.3) is 5.91 Å². The molecule has 2 N–H and O–H groups in total. The molecule has 148 valence electrons. The third-order valence-electron chi connectivity index (χ3n) is 4.93. The molecule has 0 aliphatic rings. The van der Waals surface area contributed by atoms with Gasteiger partial charge in [0.15, 0.2) is 11.5 Å². The van der Waals surface area contributed by atoms with Crippen LogP contribution >= 0.6 is 11.6 Å². The Labute approximate surface area is 173 Å². The van der Waals surface area contributed by atoms with Crippen LogP contribution in [0.1, 0.15) is 51.7 Å². The minimum absolute atomic E-state index is 0.158. The third kappa shape index (κ3) is 4.03. The van der Waals surface area contributed by atoms with Gasteiger partial charge in [0.05, 0.1) is 11.7 Å². The molecule has 7 heteroatoms. The molecule has 0 fully saturated rings. The van der Waals surface area contributed by atoms with E-state index in [0.29, 0.717) is 34.0 Å². The van der Waals surface area contributed by atoms with Gasteiger partial charge in [-0.25, -0.2) is 4.98 Å². The summed E-state index contributed by atoms with van der Waals surface area (Å²) in [5.41, 5.74) is 5.74. The van der Waals surface area contributed by atoms with Crippen LogP contribution in [0.15, 0.2) is 46.9 Å². The van der Waals surface area contributed by atoms with Crippen molar-refractivity contribution in [3.8, 4) is 0 Å². The van der Waals surface area contributed by atoms with Gasteiger partial charge in [0, 0.05) is 28.3 Å². The third-order valence-corrected chi connectivity index (χ3v) is 5.18. The lowest BCUT2D eigenvalue weighted by atomic mass is 10.1. The summed E-state index contributed by atoms with van der Waals surface area (Å²) >= 11 is 5.93. The Morgan fingerprint density at radius 1 is 1.21 bits per heavy atom. The highest BCUT2D eigenvalue weighted by atomic mass is 35.5. The molecule has 0 radical (unpaired) electrons. The number of H-pyrrole nitrogens is 1. The summed E-state index contributed by atoms with van der Waals surface area (Å²) in [6.07, 6.45) is 0.559. The molecule has 0 spiro atoms. The molecule has 0 saturated heterocycles. The zero-order valence-corrected chi connectivity index (χ0v) is 17.2. The Kier molecular flexibility index (Phi) is 5.11. The number of carbonyl (C=O) groups is 1. The van der Waals surface area contributed by atoms with E-state index < -0.39 is 0 Å². The predicted molar refractivity (Wildman–Crippen MR) is 112 cm³/mol. The van der Waals surface area contributed by atoms with Gasteiger partial charge in [0.1, 0.15) is 5.52 Å². The minimum atomic E-state index is -0.165. The van der Waals surface area contributed by atoms with Crippen molar-refractivity contribution in [2.75, 3.05) is 0 Å². The second kappa shape index (κ2) is 7.72.